The van der Waals surface area contributed by atoms with E-state index in [2.05, 4.69) is 29.3 Å². The Labute approximate surface area is 149 Å². The zero-order chi connectivity index (χ0) is 17.2. The Kier molecular flexibility index (Phi) is 3.33. The highest BCUT2D eigenvalue weighted by molar-refractivity contribution is 5.91. The maximum atomic E-state index is 11.9. The van der Waals surface area contributed by atoms with Crippen LogP contribution in [0.2, 0.25) is 0 Å². The second-order valence-corrected chi connectivity index (χ2v) is 9.54. The quantitative estimate of drug-likeness (QED) is 0.824. The Morgan fingerprint density at radius 1 is 1.08 bits per heavy atom. The number of rotatable bonds is 1. The first-order chi connectivity index (χ1) is 12.0. The van der Waals surface area contributed by atoms with E-state index in [9.17, 15) is 4.79 Å². The lowest BCUT2D eigenvalue weighted by Crippen LogP contribution is -2.50. The lowest BCUT2D eigenvalue weighted by molar-refractivity contribution is -0.117. The van der Waals surface area contributed by atoms with Gasteiger partial charge in [-0.1, -0.05) is 19.4 Å². The molecule has 3 fully saturated rings. The Hall–Kier alpha value is -1.45. The van der Waals surface area contributed by atoms with Gasteiger partial charge in [0.25, 0.3) is 0 Å². The zero-order valence-electron chi connectivity index (χ0n) is 15.4. The second kappa shape index (κ2) is 5.28. The van der Waals surface area contributed by atoms with Crippen molar-refractivity contribution in [2.75, 3.05) is 0 Å². The minimum atomic E-state index is 0.282. The van der Waals surface area contributed by atoms with Crippen LogP contribution in [0.5, 0.6) is 0 Å². The molecule has 5 rings (SSSR count). The molecule has 3 saturated carbocycles. The SMILES string of the molecule is C[C@]12CCC(=O)C=C1CC[C@@H]1[C@H]2CC[C@]2(C)C(c3cn[nH]n3)CC[C@@H]12. The molecule has 4 aliphatic carbocycles. The maximum Gasteiger partial charge on any atom is 0.155 e. The molecule has 0 spiro atoms. The lowest BCUT2D eigenvalue weighted by atomic mass is 9.47. The number of carbonyl (C=O) groups is 1. The molecule has 0 amide bonds. The summed E-state index contributed by atoms with van der Waals surface area (Å²) in [4.78, 5) is 11.9. The number of aromatic nitrogens is 3. The van der Waals surface area contributed by atoms with E-state index in [1.165, 1.54) is 43.4 Å². The van der Waals surface area contributed by atoms with Gasteiger partial charge in [0, 0.05) is 12.3 Å². The van der Waals surface area contributed by atoms with Crippen molar-refractivity contribution in [3.05, 3.63) is 23.5 Å². The van der Waals surface area contributed by atoms with E-state index >= 15 is 0 Å². The fraction of sp³-hybridized carbons (Fsp3) is 0.762. The third kappa shape index (κ3) is 2.09. The Bertz CT molecular complexity index is 724. The van der Waals surface area contributed by atoms with E-state index in [1.54, 1.807) is 0 Å². The Morgan fingerprint density at radius 2 is 1.96 bits per heavy atom. The molecule has 1 aromatic heterocycles. The molecule has 4 aliphatic rings. The Balaban J connectivity index is 1.48. The van der Waals surface area contributed by atoms with Gasteiger partial charge in [-0.25, -0.2) is 0 Å². The van der Waals surface area contributed by atoms with Crippen LogP contribution < -0.4 is 0 Å². The molecule has 6 atom stereocenters. The summed E-state index contributed by atoms with van der Waals surface area (Å²) < 4.78 is 0. The molecule has 4 nitrogen and oxygen atoms in total. The average Bonchev–Trinajstić information content (AvgIpc) is 3.22. The molecule has 0 aromatic carbocycles. The zero-order valence-corrected chi connectivity index (χ0v) is 15.4. The summed E-state index contributed by atoms with van der Waals surface area (Å²) in [6, 6.07) is 0. The summed E-state index contributed by atoms with van der Waals surface area (Å²) in [7, 11) is 0. The van der Waals surface area contributed by atoms with Crippen molar-refractivity contribution < 1.29 is 4.79 Å². The predicted molar refractivity (Wildman–Crippen MR) is 95.8 cm³/mol. The van der Waals surface area contributed by atoms with Crippen LogP contribution in [-0.4, -0.2) is 21.2 Å². The van der Waals surface area contributed by atoms with E-state index in [0.29, 0.717) is 17.1 Å². The van der Waals surface area contributed by atoms with Crippen LogP contribution in [0.15, 0.2) is 17.8 Å². The molecular weight excluding hydrogens is 310 g/mol. The standard InChI is InChI=1S/C21H29N3O/c1-20-9-7-14(25)11-13(20)3-4-15-16-5-6-18(19-12-22-24-23-19)21(16,2)10-8-17(15)20/h11-12,15-18H,3-10H2,1-2H3,(H,22,23,24)/t15-,16-,17+,18?,20-,21-/m0/s1. The minimum absolute atomic E-state index is 0.282. The van der Waals surface area contributed by atoms with E-state index < -0.39 is 0 Å². The van der Waals surface area contributed by atoms with Gasteiger partial charge in [0.1, 0.15) is 0 Å². The number of hydrogen-bond donors (Lipinski definition) is 1. The van der Waals surface area contributed by atoms with Crippen LogP contribution in [0.25, 0.3) is 0 Å². The van der Waals surface area contributed by atoms with E-state index in [0.717, 1.165) is 37.0 Å². The van der Waals surface area contributed by atoms with Gasteiger partial charge < -0.3 is 0 Å². The fourth-order valence-corrected chi connectivity index (χ4v) is 7.42. The third-order valence-electron chi connectivity index (χ3n) is 8.75. The number of nitrogens with zero attached hydrogens (tertiary/aromatic N) is 2. The molecule has 134 valence electrons. The number of carbonyl (C=O) groups excluding carboxylic acids is 1. The third-order valence-corrected chi connectivity index (χ3v) is 8.75. The first-order valence-corrected chi connectivity index (χ1v) is 10.1. The van der Waals surface area contributed by atoms with Gasteiger partial charge in [-0.15, -0.1) is 0 Å². The van der Waals surface area contributed by atoms with Crippen LogP contribution in [0.4, 0.5) is 0 Å². The highest BCUT2D eigenvalue weighted by atomic mass is 16.1. The van der Waals surface area contributed by atoms with Crippen LogP contribution in [0.3, 0.4) is 0 Å². The van der Waals surface area contributed by atoms with Crippen LogP contribution in [0, 0.1) is 28.6 Å². The van der Waals surface area contributed by atoms with Gasteiger partial charge in [0.05, 0.1) is 11.9 Å². The lowest BCUT2D eigenvalue weighted by Gasteiger charge is -2.58. The van der Waals surface area contributed by atoms with Crippen molar-refractivity contribution >= 4 is 5.78 Å². The number of hydrogen-bond acceptors (Lipinski definition) is 3. The van der Waals surface area contributed by atoms with Gasteiger partial charge >= 0.3 is 0 Å². The molecule has 0 saturated heterocycles. The van der Waals surface area contributed by atoms with Crippen molar-refractivity contribution in [1.82, 2.24) is 15.4 Å². The van der Waals surface area contributed by atoms with E-state index in [1.807, 2.05) is 12.3 Å². The first-order valence-electron chi connectivity index (χ1n) is 10.1. The number of aromatic amines is 1. The van der Waals surface area contributed by atoms with E-state index in [-0.39, 0.29) is 5.41 Å². The van der Waals surface area contributed by atoms with Gasteiger partial charge in [0.2, 0.25) is 0 Å². The van der Waals surface area contributed by atoms with Crippen molar-refractivity contribution in [2.24, 2.45) is 28.6 Å². The molecule has 0 bridgehead atoms. The number of ketones is 1. The molecule has 1 heterocycles. The first kappa shape index (κ1) is 15.8. The minimum Gasteiger partial charge on any atom is -0.295 e. The van der Waals surface area contributed by atoms with Gasteiger partial charge in [0.15, 0.2) is 5.78 Å². The van der Waals surface area contributed by atoms with Crippen molar-refractivity contribution in [1.29, 1.82) is 0 Å². The topological polar surface area (TPSA) is 58.6 Å². The molecule has 25 heavy (non-hydrogen) atoms. The molecule has 0 radical (unpaired) electrons. The largest absolute Gasteiger partial charge is 0.295 e. The number of H-pyrrole nitrogens is 1. The van der Waals surface area contributed by atoms with Gasteiger partial charge in [-0.05, 0) is 79.6 Å². The maximum absolute atomic E-state index is 11.9. The van der Waals surface area contributed by atoms with Crippen molar-refractivity contribution in [2.45, 2.75) is 71.1 Å². The van der Waals surface area contributed by atoms with Gasteiger partial charge in [-0.2, -0.15) is 15.4 Å². The molecular formula is C21H29N3O. The monoisotopic (exact) mass is 339 g/mol. The summed E-state index contributed by atoms with van der Waals surface area (Å²) in [6.07, 6.45) is 13.4. The number of fused-ring (bicyclic) bond motifs is 5. The molecule has 4 heteroatoms. The summed E-state index contributed by atoms with van der Waals surface area (Å²) in [5, 5.41) is 11.3. The normalized spacial score (nSPS) is 46.2. The summed E-state index contributed by atoms with van der Waals surface area (Å²) >= 11 is 0. The fourth-order valence-electron chi connectivity index (χ4n) is 7.42. The number of allylic oxidation sites excluding steroid dienone is 1. The van der Waals surface area contributed by atoms with Crippen molar-refractivity contribution in [3.63, 3.8) is 0 Å². The average molecular weight is 339 g/mol. The second-order valence-electron chi connectivity index (χ2n) is 9.54. The van der Waals surface area contributed by atoms with Crippen LogP contribution in [-0.2, 0) is 4.79 Å². The van der Waals surface area contributed by atoms with Crippen LogP contribution in [0.1, 0.15) is 76.8 Å². The van der Waals surface area contributed by atoms with E-state index in [4.69, 9.17) is 0 Å². The number of nitrogens with one attached hydrogen (secondary N) is 1. The predicted octanol–water partition coefficient (Wildman–Crippen LogP) is 4.42. The summed E-state index contributed by atoms with van der Waals surface area (Å²) in [6.45, 7) is 4.99. The highest BCUT2D eigenvalue weighted by Crippen LogP contribution is 2.68. The molecule has 1 N–H and O–H groups in total. The molecule has 1 aromatic rings. The molecule has 1 unspecified atom stereocenters. The van der Waals surface area contributed by atoms with Crippen molar-refractivity contribution in [3.8, 4) is 0 Å². The Morgan fingerprint density at radius 3 is 2.76 bits per heavy atom. The highest BCUT2D eigenvalue weighted by Gasteiger charge is 2.59. The molecule has 0 aliphatic heterocycles. The van der Waals surface area contributed by atoms with Crippen LogP contribution >= 0.6 is 0 Å². The smallest absolute Gasteiger partial charge is 0.155 e. The summed E-state index contributed by atoms with van der Waals surface area (Å²) in [5.41, 5.74) is 3.30. The summed E-state index contributed by atoms with van der Waals surface area (Å²) in [5.74, 6) is 3.33. The van der Waals surface area contributed by atoms with Gasteiger partial charge in [-0.3, -0.25) is 4.79 Å².